The summed E-state index contributed by atoms with van der Waals surface area (Å²) in [7, 11) is 1.89. The number of hydrogen-bond acceptors (Lipinski definition) is 3. The lowest BCUT2D eigenvalue weighted by Crippen LogP contribution is -2.52. The van der Waals surface area contributed by atoms with Gasteiger partial charge in [-0.3, -0.25) is 4.79 Å². The summed E-state index contributed by atoms with van der Waals surface area (Å²) < 4.78 is 0. The molecule has 2 atom stereocenters. The van der Waals surface area contributed by atoms with Crippen molar-refractivity contribution in [3.05, 3.63) is 0 Å². The molecule has 0 aromatic heterocycles. The molecule has 3 nitrogen and oxygen atoms in total. The van der Waals surface area contributed by atoms with Crippen LogP contribution < -0.4 is 5.32 Å². The summed E-state index contributed by atoms with van der Waals surface area (Å²) in [5.74, 6) is 2.66. The van der Waals surface area contributed by atoms with Crippen molar-refractivity contribution in [3.8, 4) is 0 Å². The van der Waals surface area contributed by atoms with Gasteiger partial charge in [-0.1, -0.05) is 13.8 Å². The van der Waals surface area contributed by atoms with Gasteiger partial charge in [-0.15, -0.1) is 0 Å². The maximum Gasteiger partial charge on any atom is 0.239 e. The highest BCUT2D eigenvalue weighted by Crippen LogP contribution is 2.34. The van der Waals surface area contributed by atoms with Gasteiger partial charge < -0.3 is 10.2 Å². The first-order valence-electron chi connectivity index (χ1n) is 6.09. The molecule has 2 aliphatic rings. The fourth-order valence-corrected chi connectivity index (χ4v) is 4.05. The summed E-state index contributed by atoms with van der Waals surface area (Å²) in [6.07, 6.45) is 2.21. The number of likely N-dealkylation sites (tertiary alicyclic amines) is 1. The number of rotatable bonds is 2. The summed E-state index contributed by atoms with van der Waals surface area (Å²) in [6.45, 7) is 5.53. The van der Waals surface area contributed by atoms with Crippen LogP contribution in [-0.2, 0) is 4.79 Å². The first-order chi connectivity index (χ1) is 7.50. The minimum atomic E-state index is 0.0629. The van der Waals surface area contributed by atoms with Gasteiger partial charge in [0.15, 0.2) is 0 Å². The van der Waals surface area contributed by atoms with E-state index in [4.69, 9.17) is 0 Å². The molecule has 0 saturated carbocycles. The van der Waals surface area contributed by atoms with Crippen molar-refractivity contribution in [2.45, 2.75) is 38.8 Å². The number of carbonyl (C=O) groups is 1. The predicted molar refractivity (Wildman–Crippen MR) is 68.7 cm³/mol. The minimum Gasteiger partial charge on any atom is -0.344 e. The SMILES string of the molecule is CN1CCC(NC2CSCCC2(C)C)C1=O. The Hall–Kier alpha value is -0.220. The second kappa shape index (κ2) is 4.57. The Morgan fingerprint density at radius 2 is 2.25 bits per heavy atom. The lowest BCUT2D eigenvalue weighted by atomic mass is 9.82. The van der Waals surface area contributed by atoms with Gasteiger partial charge in [-0.05, 0) is 24.0 Å². The third kappa shape index (κ3) is 2.38. The maximum absolute atomic E-state index is 11.8. The molecule has 0 aromatic rings. The molecular weight excluding hydrogens is 220 g/mol. The molecule has 0 radical (unpaired) electrons. The van der Waals surface area contributed by atoms with Crippen LogP contribution in [-0.4, -0.2) is 48.0 Å². The third-order valence-corrected chi connectivity index (χ3v) is 5.01. The zero-order chi connectivity index (χ0) is 11.8. The second-order valence-electron chi connectivity index (χ2n) is 5.63. The van der Waals surface area contributed by atoms with E-state index in [-0.39, 0.29) is 11.9 Å². The monoisotopic (exact) mass is 242 g/mol. The number of amides is 1. The van der Waals surface area contributed by atoms with Crippen LogP contribution in [0.1, 0.15) is 26.7 Å². The Balaban J connectivity index is 1.96. The smallest absolute Gasteiger partial charge is 0.239 e. The van der Waals surface area contributed by atoms with E-state index in [0.29, 0.717) is 11.5 Å². The normalized spacial score (nSPS) is 34.4. The quantitative estimate of drug-likeness (QED) is 0.793. The molecule has 2 aliphatic heterocycles. The van der Waals surface area contributed by atoms with Gasteiger partial charge in [0, 0.05) is 25.4 Å². The molecule has 2 fully saturated rings. The molecular formula is C12H22N2OS. The average Bonchev–Trinajstić information content (AvgIpc) is 2.53. The molecule has 0 aromatic carbocycles. The van der Waals surface area contributed by atoms with Crippen molar-refractivity contribution in [3.63, 3.8) is 0 Å². The predicted octanol–water partition coefficient (Wildman–Crippen LogP) is 1.34. The fourth-order valence-electron chi connectivity index (χ4n) is 2.43. The summed E-state index contributed by atoms with van der Waals surface area (Å²) in [5.41, 5.74) is 0.326. The van der Waals surface area contributed by atoms with Crippen molar-refractivity contribution in [2.24, 2.45) is 5.41 Å². The highest BCUT2D eigenvalue weighted by Gasteiger charge is 2.37. The van der Waals surface area contributed by atoms with Crippen LogP contribution in [0.25, 0.3) is 0 Å². The fraction of sp³-hybridized carbons (Fsp3) is 0.917. The van der Waals surface area contributed by atoms with Crippen molar-refractivity contribution in [1.82, 2.24) is 10.2 Å². The summed E-state index contributed by atoms with van der Waals surface area (Å²) in [6, 6.07) is 0.541. The first-order valence-corrected chi connectivity index (χ1v) is 7.25. The average molecular weight is 242 g/mol. The van der Waals surface area contributed by atoms with Crippen molar-refractivity contribution in [2.75, 3.05) is 25.1 Å². The van der Waals surface area contributed by atoms with E-state index in [1.807, 2.05) is 23.7 Å². The van der Waals surface area contributed by atoms with Crippen LogP contribution in [0.2, 0.25) is 0 Å². The molecule has 0 aliphatic carbocycles. The van der Waals surface area contributed by atoms with Crippen LogP contribution in [0.3, 0.4) is 0 Å². The third-order valence-electron chi connectivity index (χ3n) is 3.95. The highest BCUT2D eigenvalue weighted by molar-refractivity contribution is 7.99. The number of hydrogen-bond donors (Lipinski definition) is 1. The Morgan fingerprint density at radius 1 is 1.50 bits per heavy atom. The zero-order valence-corrected chi connectivity index (χ0v) is 11.3. The Morgan fingerprint density at radius 3 is 2.81 bits per heavy atom. The first kappa shape index (κ1) is 12.2. The number of carbonyl (C=O) groups excluding carboxylic acids is 1. The molecule has 16 heavy (non-hydrogen) atoms. The molecule has 0 bridgehead atoms. The van der Waals surface area contributed by atoms with Gasteiger partial charge in [0.05, 0.1) is 6.04 Å². The van der Waals surface area contributed by atoms with Crippen LogP contribution >= 0.6 is 11.8 Å². The van der Waals surface area contributed by atoms with Gasteiger partial charge in [-0.25, -0.2) is 0 Å². The Labute approximate surface area is 102 Å². The van der Waals surface area contributed by atoms with Crippen LogP contribution in [0.4, 0.5) is 0 Å². The van der Waals surface area contributed by atoms with E-state index in [9.17, 15) is 4.79 Å². The molecule has 1 amide bonds. The maximum atomic E-state index is 11.8. The standard InChI is InChI=1S/C12H22N2OS/c1-12(2)5-7-16-8-10(12)13-9-4-6-14(3)11(9)15/h9-10,13H,4-8H2,1-3H3. The Bertz CT molecular complexity index is 280. The Kier molecular flexibility index (Phi) is 3.50. The lowest BCUT2D eigenvalue weighted by Gasteiger charge is -2.40. The molecule has 92 valence electrons. The molecule has 1 N–H and O–H groups in total. The molecule has 2 rings (SSSR count). The lowest BCUT2D eigenvalue weighted by molar-refractivity contribution is -0.128. The van der Waals surface area contributed by atoms with Gasteiger partial charge in [-0.2, -0.15) is 11.8 Å². The van der Waals surface area contributed by atoms with Crippen LogP contribution in [0, 0.1) is 5.41 Å². The topological polar surface area (TPSA) is 32.3 Å². The van der Waals surface area contributed by atoms with E-state index in [0.717, 1.165) is 18.7 Å². The summed E-state index contributed by atoms with van der Waals surface area (Å²) in [4.78, 5) is 13.7. The van der Waals surface area contributed by atoms with Crippen molar-refractivity contribution >= 4 is 17.7 Å². The van der Waals surface area contributed by atoms with E-state index < -0.39 is 0 Å². The second-order valence-corrected chi connectivity index (χ2v) is 6.78. The summed E-state index contributed by atoms with van der Waals surface area (Å²) >= 11 is 2.00. The van der Waals surface area contributed by atoms with E-state index in [1.165, 1.54) is 12.2 Å². The molecule has 0 spiro atoms. The number of thioether (sulfide) groups is 1. The van der Waals surface area contributed by atoms with Gasteiger partial charge in [0.25, 0.3) is 0 Å². The van der Waals surface area contributed by atoms with Crippen molar-refractivity contribution in [1.29, 1.82) is 0 Å². The largest absolute Gasteiger partial charge is 0.344 e. The number of likely N-dealkylation sites (N-methyl/N-ethyl adjacent to an activating group) is 1. The van der Waals surface area contributed by atoms with Crippen LogP contribution in [0.15, 0.2) is 0 Å². The number of nitrogens with zero attached hydrogens (tertiary/aromatic N) is 1. The molecule has 2 heterocycles. The van der Waals surface area contributed by atoms with Crippen molar-refractivity contribution < 1.29 is 4.79 Å². The van der Waals surface area contributed by atoms with Gasteiger partial charge in [0.2, 0.25) is 5.91 Å². The highest BCUT2D eigenvalue weighted by atomic mass is 32.2. The minimum absolute atomic E-state index is 0.0629. The summed E-state index contributed by atoms with van der Waals surface area (Å²) in [5, 5.41) is 3.58. The number of nitrogens with one attached hydrogen (secondary N) is 1. The van der Waals surface area contributed by atoms with Crippen LogP contribution in [0.5, 0.6) is 0 Å². The molecule has 2 saturated heterocycles. The molecule has 2 unspecified atom stereocenters. The van der Waals surface area contributed by atoms with Gasteiger partial charge >= 0.3 is 0 Å². The van der Waals surface area contributed by atoms with E-state index >= 15 is 0 Å². The zero-order valence-electron chi connectivity index (χ0n) is 10.5. The van der Waals surface area contributed by atoms with E-state index in [1.54, 1.807) is 0 Å². The van der Waals surface area contributed by atoms with E-state index in [2.05, 4.69) is 19.2 Å². The molecule has 4 heteroatoms. The van der Waals surface area contributed by atoms with Gasteiger partial charge in [0.1, 0.15) is 0 Å².